The highest BCUT2D eigenvalue weighted by Gasteiger charge is 2.39. The second-order valence-electron chi connectivity index (χ2n) is 5.23. The number of rotatable bonds is 2. The number of likely N-dealkylation sites (tertiary alicyclic amines) is 1. The first-order chi connectivity index (χ1) is 9.68. The number of hydrogen-bond donors (Lipinski definition) is 1. The van der Waals surface area contributed by atoms with Crippen LogP contribution in [0.5, 0.6) is 0 Å². The van der Waals surface area contributed by atoms with Crippen molar-refractivity contribution in [1.82, 2.24) is 4.90 Å². The highest BCUT2D eigenvalue weighted by atomic mass is 32.2. The summed E-state index contributed by atoms with van der Waals surface area (Å²) in [5, 5.41) is 8.99. The number of carbonyl (C=O) groups is 2. The van der Waals surface area contributed by atoms with Gasteiger partial charge in [-0.15, -0.1) is 11.8 Å². The summed E-state index contributed by atoms with van der Waals surface area (Å²) in [6, 6.07) is 7.36. The number of amides is 1. The van der Waals surface area contributed by atoms with Gasteiger partial charge in [0.15, 0.2) is 0 Å². The molecule has 2 aliphatic heterocycles. The van der Waals surface area contributed by atoms with Crippen LogP contribution >= 0.6 is 11.8 Å². The van der Waals surface area contributed by atoms with Gasteiger partial charge < -0.3 is 10.0 Å². The van der Waals surface area contributed by atoms with Crippen LogP contribution in [0.15, 0.2) is 24.3 Å². The molecule has 2 atom stereocenters. The molecule has 1 aromatic rings. The van der Waals surface area contributed by atoms with Gasteiger partial charge in [-0.3, -0.25) is 4.79 Å². The average molecular weight is 291 g/mol. The number of carbonyl (C=O) groups excluding carboxylic acids is 1. The maximum absolute atomic E-state index is 12.7. The third-order valence-electron chi connectivity index (χ3n) is 4.04. The Hall–Kier alpha value is -1.49. The van der Waals surface area contributed by atoms with Gasteiger partial charge in [-0.1, -0.05) is 24.3 Å². The van der Waals surface area contributed by atoms with E-state index in [9.17, 15) is 14.7 Å². The van der Waals surface area contributed by atoms with Gasteiger partial charge in [-0.05, 0) is 36.1 Å². The fourth-order valence-corrected chi connectivity index (χ4v) is 4.30. The van der Waals surface area contributed by atoms with Crippen molar-refractivity contribution >= 4 is 23.6 Å². The van der Waals surface area contributed by atoms with Crippen LogP contribution in [-0.4, -0.2) is 40.2 Å². The lowest BCUT2D eigenvalue weighted by atomic mass is 10.0. The Morgan fingerprint density at radius 3 is 2.90 bits per heavy atom. The largest absolute Gasteiger partial charge is 0.480 e. The Labute approximate surface area is 122 Å². The van der Waals surface area contributed by atoms with Crippen LogP contribution in [0.1, 0.15) is 29.2 Å². The minimum atomic E-state index is -0.884. The second-order valence-corrected chi connectivity index (χ2v) is 6.44. The molecule has 5 heteroatoms. The molecular formula is C15H17NO3S. The molecule has 0 spiro atoms. The number of benzene rings is 1. The maximum Gasteiger partial charge on any atom is 0.326 e. The molecule has 1 aromatic carbocycles. The van der Waals surface area contributed by atoms with Crippen LogP contribution in [0.4, 0.5) is 0 Å². The summed E-state index contributed by atoms with van der Waals surface area (Å²) in [4.78, 5) is 25.5. The molecule has 3 rings (SSSR count). The van der Waals surface area contributed by atoms with Crippen LogP contribution < -0.4 is 0 Å². The van der Waals surface area contributed by atoms with Gasteiger partial charge in [0.2, 0.25) is 5.91 Å². The minimum Gasteiger partial charge on any atom is -0.480 e. The number of carboxylic acid groups (broad SMARTS) is 1. The zero-order valence-corrected chi connectivity index (χ0v) is 11.9. The Morgan fingerprint density at radius 1 is 1.30 bits per heavy atom. The normalized spacial score (nSPS) is 25.3. The first kappa shape index (κ1) is 13.5. The molecule has 2 heterocycles. The molecule has 2 aliphatic rings. The first-order valence-corrected chi connectivity index (χ1v) is 7.96. The van der Waals surface area contributed by atoms with Crippen molar-refractivity contribution in [2.75, 3.05) is 12.3 Å². The highest BCUT2D eigenvalue weighted by molar-refractivity contribution is 8.00. The summed E-state index contributed by atoms with van der Waals surface area (Å²) >= 11 is 1.63. The molecule has 20 heavy (non-hydrogen) atoms. The van der Waals surface area contributed by atoms with E-state index in [4.69, 9.17) is 0 Å². The number of thioether (sulfide) groups is 1. The van der Waals surface area contributed by atoms with Gasteiger partial charge in [0.1, 0.15) is 11.3 Å². The smallest absolute Gasteiger partial charge is 0.326 e. The van der Waals surface area contributed by atoms with Crippen LogP contribution in [0, 0.1) is 0 Å². The van der Waals surface area contributed by atoms with Crippen LogP contribution in [0.2, 0.25) is 0 Å². The molecule has 0 saturated carbocycles. The van der Waals surface area contributed by atoms with E-state index in [1.807, 2.05) is 18.2 Å². The predicted octanol–water partition coefficient (Wildman–Crippen LogP) is 2.09. The number of aryl methyl sites for hydroxylation is 1. The van der Waals surface area contributed by atoms with Crippen molar-refractivity contribution in [1.29, 1.82) is 0 Å². The zero-order valence-electron chi connectivity index (χ0n) is 11.1. The standard InChI is InChI=1S/C15H17NO3S/c17-14(16-8-3-6-12(16)15(18)19)13-11-5-2-1-4-10(11)7-9-20-13/h1-2,4-5,12-13H,3,6-9H2,(H,18,19)/t12-,13?/m1/s1. The van der Waals surface area contributed by atoms with E-state index in [1.165, 1.54) is 5.56 Å². The lowest BCUT2D eigenvalue weighted by molar-refractivity contribution is -0.148. The molecule has 0 radical (unpaired) electrons. The maximum atomic E-state index is 12.7. The number of aliphatic carboxylic acids is 1. The molecule has 0 bridgehead atoms. The average Bonchev–Trinajstić information content (AvgIpc) is 2.95. The molecule has 1 N–H and O–H groups in total. The Bertz CT molecular complexity index is 546. The fourth-order valence-electron chi connectivity index (χ4n) is 3.04. The van der Waals surface area contributed by atoms with Crippen molar-refractivity contribution in [3.63, 3.8) is 0 Å². The van der Waals surface area contributed by atoms with Crippen LogP contribution in [-0.2, 0) is 16.0 Å². The first-order valence-electron chi connectivity index (χ1n) is 6.91. The number of fused-ring (bicyclic) bond motifs is 1. The minimum absolute atomic E-state index is 0.0351. The third kappa shape index (κ3) is 2.30. The highest BCUT2D eigenvalue weighted by Crippen LogP contribution is 2.39. The van der Waals surface area contributed by atoms with Gasteiger partial charge in [0.25, 0.3) is 0 Å². The van der Waals surface area contributed by atoms with E-state index in [-0.39, 0.29) is 11.2 Å². The molecule has 1 unspecified atom stereocenters. The van der Waals surface area contributed by atoms with Gasteiger partial charge in [0.05, 0.1) is 0 Å². The Morgan fingerprint density at radius 2 is 2.10 bits per heavy atom. The number of nitrogens with zero attached hydrogens (tertiary/aromatic N) is 1. The molecule has 1 fully saturated rings. The lowest BCUT2D eigenvalue weighted by Gasteiger charge is -2.30. The van der Waals surface area contributed by atoms with E-state index in [0.717, 1.165) is 24.2 Å². The number of hydrogen-bond acceptors (Lipinski definition) is 3. The Balaban J connectivity index is 1.87. The monoisotopic (exact) mass is 291 g/mol. The molecule has 4 nitrogen and oxygen atoms in total. The van der Waals surface area contributed by atoms with E-state index in [0.29, 0.717) is 13.0 Å². The summed E-state index contributed by atoms with van der Waals surface area (Å²) in [5.74, 6) is -0.00378. The van der Waals surface area contributed by atoms with Gasteiger partial charge in [-0.2, -0.15) is 0 Å². The van der Waals surface area contributed by atoms with Crippen molar-refractivity contribution in [3.05, 3.63) is 35.4 Å². The van der Waals surface area contributed by atoms with Crippen molar-refractivity contribution in [2.45, 2.75) is 30.6 Å². The molecule has 0 aromatic heterocycles. The van der Waals surface area contributed by atoms with E-state index in [1.54, 1.807) is 16.7 Å². The lowest BCUT2D eigenvalue weighted by Crippen LogP contribution is -2.42. The van der Waals surface area contributed by atoms with Crippen molar-refractivity contribution in [2.24, 2.45) is 0 Å². The fraction of sp³-hybridized carbons (Fsp3) is 0.467. The molecule has 1 saturated heterocycles. The predicted molar refractivity (Wildman–Crippen MR) is 77.7 cm³/mol. The summed E-state index contributed by atoms with van der Waals surface area (Å²) in [6.45, 7) is 0.565. The zero-order chi connectivity index (χ0) is 14.1. The summed E-state index contributed by atoms with van der Waals surface area (Å²) in [7, 11) is 0. The summed E-state index contributed by atoms with van der Waals surface area (Å²) in [6.07, 6.45) is 2.33. The molecule has 106 valence electrons. The van der Waals surface area contributed by atoms with Crippen molar-refractivity contribution < 1.29 is 14.7 Å². The summed E-state index contributed by atoms with van der Waals surface area (Å²) in [5.41, 5.74) is 2.28. The van der Waals surface area contributed by atoms with Gasteiger partial charge in [0, 0.05) is 6.54 Å². The molecule has 0 aliphatic carbocycles. The second kappa shape index (κ2) is 5.48. The SMILES string of the molecule is O=C(O)[C@H]1CCCN1C(=O)C1SCCc2ccccc21. The van der Waals surface area contributed by atoms with E-state index < -0.39 is 12.0 Å². The van der Waals surface area contributed by atoms with Gasteiger partial charge >= 0.3 is 5.97 Å². The topological polar surface area (TPSA) is 57.6 Å². The molecular weight excluding hydrogens is 274 g/mol. The van der Waals surface area contributed by atoms with Gasteiger partial charge in [-0.25, -0.2) is 4.79 Å². The van der Waals surface area contributed by atoms with E-state index >= 15 is 0 Å². The third-order valence-corrected chi connectivity index (χ3v) is 5.27. The molecule has 1 amide bonds. The quantitative estimate of drug-likeness (QED) is 0.906. The summed E-state index contributed by atoms with van der Waals surface area (Å²) < 4.78 is 0. The number of carboxylic acids is 1. The van der Waals surface area contributed by atoms with Crippen LogP contribution in [0.3, 0.4) is 0 Å². The van der Waals surface area contributed by atoms with Crippen molar-refractivity contribution in [3.8, 4) is 0 Å². The van der Waals surface area contributed by atoms with Crippen LogP contribution in [0.25, 0.3) is 0 Å². The van der Waals surface area contributed by atoms with E-state index in [2.05, 4.69) is 6.07 Å². The Kier molecular flexibility index (Phi) is 3.70.